The van der Waals surface area contributed by atoms with Crippen LogP contribution in [-0.4, -0.2) is 56.3 Å². The van der Waals surface area contributed by atoms with Crippen molar-refractivity contribution in [2.75, 3.05) is 24.6 Å². The van der Waals surface area contributed by atoms with Gasteiger partial charge in [0.1, 0.15) is 12.4 Å². The first kappa shape index (κ1) is 26.2. The Hall–Kier alpha value is -3.40. The normalized spacial score (nSPS) is 16.0. The minimum Gasteiger partial charge on any atom is -0.461 e. The van der Waals surface area contributed by atoms with Crippen LogP contribution in [0.1, 0.15) is 26.7 Å². The number of primary amides is 1. The number of carbonyl (C=O) groups excluding carboxylic acids is 1. The SMILES string of the molecule is CC(O)COc1nc(N2CCC(C)(C(N)=O)CC2)c2nc(-c3ccccc3Cl)n(-c3ccc(Cl)cc3)c2n1. The molecule has 1 aliphatic rings. The number of aromatic nitrogens is 4. The van der Waals surface area contributed by atoms with Gasteiger partial charge in [-0.15, -0.1) is 0 Å². The third-order valence-corrected chi connectivity index (χ3v) is 7.46. The molecule has 3 heterocycles. The van der Waals surface area contributed by atoms with Gasteiger partial charge in [-0.3, -0.25) is 9.36 Å². The van der Waals surface area contributed by atoms with E-state index in [0.717, 1.165) is 11.3 Å². The molecule has 11 heteroatoms. The summed E-state index contributed by atoms with van der Waals surface area (Å²) in [7, 11) is 0. The molecule has 1 fully saturated rings. The number of ether oxygens (including phenoxy) is 1. The summed E-state index contributed by atoms with van der Waals surface area (Å²) in [5.41, 5.74) is 7.66. The summed E-state index contributed by atoms with van der Waals surface area (Å²) >= 11 is 12.8. The van der Waals surface area contributed by atoms with Crippen molar-refractivity contribution < 1.29 is 14.6 Å². The summed E-state index contributed by atoms with van der Waals surface area (Å²) in [4.78, 5) is 28.5. The van der Waals surface area contributed by atoms with Gasteiger partial charge >= 0.3 is 6.01 Å². The minimum atomic E-state index is -0.705. The van der Waals surface area contributed by atoms with E-state index in [4.69, 9.17) is 48.6 Å². The lowest BCUT2D eigenvalue weighted by Crippen LogP contribution is -2.45. The zero-order chi connectivity index (χ0) is 27.0. The van der Waals surface area contributed by atoms with E-state index < -0.39 is 11.5 Å². The first-order valence-corrected chi connectivity index (χ1v) is 13.1. The fourth-order valence-corrected chi connectivity index (χ4v) is 4.87. The molecule has 3 N–H and O–H groups in total. The highest BCUT2D eigenvalue weighted by Gasteiger charge is 2.37. The van der Waals surface area contributed by atoms with Crippen LogP contribution in [0, 0.1) is 5.41 Å². The lowest BCUT2D eigenvalue weighted by Gasteiger charge is -2.37. The van der Waals surface area contributed by atoms with Gasteiger partial charge in [-0.2, -0.15) is 9.97 Å². The van der Waals surface area contributed by atoms with Crippen LogP contribution in [-0.2, 0) is 4.79 Å². The second-order valence-electron chi connectivity index (χ2n) is 9.80. The number of fused-ring (bicyclic) bond motifs is 1. The number of halogens is 2. The molecule has 38 heavy (non-hydrogen) atoms. The molecule has 1 saturated heterocycles. The molecular weight excluding hydrogens is 527 g/mol. The highest BCUT2D eigenvalue weighted by atomic mass is 35.5. The van der Waals surface area contributed by atoms with Gasteiger partial charge in [-0.25, -0.2) is 4.98 Å². The molecule has 1 amide bonds. The summed E-state index contributed by atoms with van der Waals surface area (Å²) in [6.45, 7) is 4.65. The summed E-state index contributed by atoms with van der Waals surface area (Å²) < 4.78 is 7.67. The number of aliphatic hydroxyl groups is 1. The zero-order valence-corrected chi connectivity index (χ0v) is 22.6. The second kappa shape index (κ2) is 10.4. The smallest absolute Gasteiger partial charge is 0.320 e. The van der Waals surface area contributed by atoms with Crippen LogP contribution < -0.4 is 15.4 Å². The number of piperidine rings is 1. The number of hydrogen-bond donors (Lipinski definition) is 2. The van der Waals surface area contributed by atoms with Gasteiger partial charge in [0.05, 0.1) is 11.1 Å². The third kappa shape index (κ3) is 5.01. The molecule has 0 saturated carbocycles. The Bertz CT molecular complexity index is 1480. The van der Waals surface area contributed by atoms with Crippen molar-refractivity contribution in [3.63, 3.8) is 0 Å². The number of nitrogens with zero attached hydrogens (tertiary/aromatic N) is 5. The van der Waals surface area contributed by atoms with Gasteiger partial charge in [0.25, 0.3) is 0 Å². The van der Waals surface area contributed by atoms with Gasteiger partial charge in [0, 0.05) is 34.8 Å². The Morgan fingerprint density at radius 1 is 1.11 bits per heavy atom. The standard InChI is InChI=1S/C27H28Cl2N6O3/c1-16(36)15-38-26-32-23(34-13-11-27(2,12-14-34)25(30)37)21-24(33-26)35(18-9-7-17(28)8-10-18)22(31-21)19-5-3-4-6-20(19)29/h3-10,16,36H,11-15H2,1-2H3,(H2,30,37). The number of carbonyl (C=O) groups is 1. The maximum absolute atomic E-state index is 12.0. The first-order valence-electron chi connectivity index (χ1n) is 12.3. The highest BCUT2D eigenvalue weighted by Crippen LogP contribution is 2.38. The molecule has 9 nitrogen and oxygen atoms in total. The molecule has 0 bridgehead atoms. The molecule has 5 rings (SSSR count). The second-order valence-corrected chi connectivity index (χ2v) is 10.6. The van der Waals surface area contributed by atoms with Crippen molar-refractivity contribution in [3.8, 4) is 23.1 Å². The molecular formula is C27H28Cl2N6O3. The largest absolute Gasteiger partial charge is 0.461 e. The molecule has 1 unspecified atom stereocenters. The molecule has 0 radical (unpaired) electrons. The number of anilines is 1. The van der Waals surface area contributed by atoms with Crippen molar-refractivity contribution in [3.05, 3.63) is 58.6 Å². The molecule has 0 aliphatic carbocycles. The summed E-state index contributed by atoms with van der Waals surface area (Å²) in [6.07, 6.45) is 0.448. The Balaban J connectivity index is 1.73. The average molecular weight is 555 g/mol. The van der Waals surface area contributed by atoms with E-state index in [1.54, 1.807) is 19.1 Å². The van der Waals surface area contributed by atoms with Gasteiger partial charge < -0.3 is 20.5 Å². The van der Waals surface area contributed by atoms with Crippen molar-refractivity contribution in [2.45, 2.75) is 32.8 Å². The maximum Gasteiger partial charge on any atom is 0.320 e. The number of amides is 1. The molecule has 4 aromatic rings. The Labute approximate surface area is 230 Å². The monoisotopic (exact) mass is 554 g/mol. The van der Waals surface area contributed by atoms with Crippen LogP contribution in [0.2, 0.25) is 10.0 Å². The zero-order valence-electron chi connectivity index (χ0n) is 21.1. The fraction of sp³-hybridized carbons (Fsp3) is 0.333. The van der Waals surface area contributed by atoms with Gasteiger partial charge in [-0.1, -0.05) is 42.3 Å². The van der Waals surface area contributed by atoms with E-state index in [2.05, 4.69) is 4.90 Å². The van der Waals surface area contributed by atoms with Gasteiger partial charge in [0.15, 0.2) is 17.0 Å². The van der Waals surface area contributed by atoms with E-state index in [9.17, 15) is 9.90 Å². The first-order chi connectivity index (χ1) is 18.2. The molecule has 198 valence electrons. The fourth-order valence-electron chi connectivity index (χ4n) is 4.52. The number of benzene rings is 2. The van der Waals surface area contributed by atoms with E-state index in [1.807, 2.05) is 47.9 Å². The number of nitrogens with two attached hydrogens (primary N) is 1. The van der Waals surface area contributed by atoms with E-state index in [-0.39, 0.29) is 18.5 Å². The molecule has 2 aromatic heterocycles. The van der Waals surface area contributed by atoms with Crippen molar-refractivity contribution in [2.24, 2.45) is 11.1 Å². The Kier molecular flexibility index (Phi) is 7.17. The molecule has 1 atom stereocenters. The summed E-state index contributed by atoms with van der Waals surface area (Å²) in [6, 6.07) is 14.9. The van der Waals surface area contributed by atoms with Crippen LogP contribution in [0.3, 0.4) is 0 Å². The maximum atomic E-state index is 12.0. The quantitative estimate of drug-likeness (QED) is 0.341. The molecule has 1 aliphatic heterocycles. The molecule has 2 aromatic carbocycles. The topological polar surface area (TPSA) is 119 Å². The Morgan fingerprint density at radius 2 is 1.79 bits per heavy atom. The number of imidazole rings is 1. The number of hydrogen-bond acceptors (Lipinski definition) is 7. The van der Waals surface area contributed by atoms with Crippen LogP contribution >= 0.6 is 23.2 Å². The van der Waals surface area contributed by atoms with Crippen LogP contribution in [0.5, 0.6) is 6.01 Å². The van der Waals surface area contributed by atoms with Crippen LogP contribution in [0.4, 0.5) is 5.82 Å². The lowest BCUT2D eigenvalue weighted by atomic mass is 9.80. The van der Waals surface area contributed by atoms with E-state index >= 15 is 0 Å². The summed E-state index contributed by atoms with van der Waals surface area (Å²) in [5, 5.41) is 10.9. The predicted octanol–water partition coefficient (Wildman–Crippen LogP) is 4.64. The third-order valence-electron chi connectivity index (χ3n) is 6.88. The van der Waals surface area contributed by atoms with Crippen molar-refractivity contribution in [1.29, 1.82) is 0 Å². The predicted molar refractivity (Wildman–Crippen MR) is 148 cm³/mol. The van der Waals surface area contributed by atoms with Gasteiger partial charge in [0.2, 0.25) is 5.91 Å². The van der Waals surface area contributed by atoms with Crippen LogP contribution in [0.15, 0.2) is 48.5 Å². The van der Waals surface area contributed by atoms with E-state index in [0.29, 0.717) is 58.8 Å². The van der Waals surface area contributed by atoms with Crippen molar-refractivity contribution in [1.82, 2.24) is 19.5 Å². The minimum absolute atomic E-state index is 0.0249. The highest BCUT2D eigenvalue weighted by molar-refractivity contribution is 6.33. The Morgan fingerprint density at radius 3 is 2.42 bits per heavy atom. The molecule has 0 spiro atoms. The van der Waals surface area contributed by atoms with Crippen molar-refractivity contribution >= 4 is 46.1 Å². The van der Waals surface area contributed by atoms with Crippen LogP contribution in [0.25, 0.3) is 28.2 Å². The number of rotatable bonds is 7. The summed E-state index contributed by atoms with van der Waals surface area (Å²) in [5.74, 6) is 0.845. The number of aliphatic hydroxyl groups excluding tert-OH is 1. The lowest BCUT2D eigenvalue weighted by molar-refractivity contribution is -0.127. The van der Waals surface area contributed by atoms with E-state index in [1.165, 1.54) is 0 Å². The van der Waals surface area contributed by atoms with Gasteiger partial charge in [-0.05, 0) is 56.2 Å². The average Bonchev–Trinajstić information content (AvgIpc) is 3.27.